The van der Waals surface area contributed by atoms with Crippen LogP contribution in [-0.4, -0.2) is 26.7 Å². The van der Waals surface area contributed by atoms with E-state index in [4.69, 9.17) is 14.9 Å². The number of nitrogens with zero attached hydrogens (tertiary/aromatic N) is 4. The van der Waals surface area contributed by atoms with Gasteiger partial charge in [-0.05, 0) is 68.4 Å². The summed E-state index contributed by atoms with van der Waals surface area (Å²) in [5.74, 6) is 0.817. The zero-order valence-corrected chi connectivity index (χ0v) is 19.4. The number of rotatable bonds is 4. The molecule has 6 rings (SSSR count). The van der Waals surface area contributed by atoms with Crippen molar-refractivity contribution in [3.05, 3.63) is 102 Å². The molecule has 0 bridgehead atoms. The van der Waals surface area contributed by atoms with E-state index in [0.29, 0.717) is 0 Å². The zero-order chi connectivity index (χ0) is 23.2. The van der Waals surface area contributed by atoms with Crippen molar-refractivity contribution >= 4 is 5.69 Å². The molecule has 3 aromatic carbocycles. The molecule has 0 unspecified atom stereocenters. The molecule has 1 atom stereocenters. The fourth-order valence-electron chi connectivity index (χ4n) is 4.60. The van der Waals surface area contributed by atoms with Crippen LogP contribution in [0.25, 0.3) is 28.2 Å². The van der Waals surface area contributed by atoms with Crippen LogP contribution in [0, 0.1) is 13.8 Å². The topological polar surface area (TPSA) is 56.9 Å². The van der Waals surface area contributed by atoms with Crippen molar-refractivity contribution in [3.8, 4) is 34.0 Å². The summed E-state index contributed by atoms with van der Waals surface area (Å²) in [4.78, 5) is 0. The van der Waals surface area contributed by atoms with Crippen LogP contribution in [0.3, 0.4) is 0 Å². The molecule has 1 N–H and O–H groups in total. The molecule has 3 heterocycles. The van der Waals surface area contributed by atoms with Crippen LogP contribution in [0.1, 0.15) is 23.0 Å². The van der Waals surface area contributed by atoms with Crippen molar-refractivity contribution in [2.45, 2.75) is 20.0 Å². The fourth-order valence-corrected chi connectivity index (χ4v) is 4.60. The highest BCUT2D eigenvalue weighted by atomic mass is 16.5. The van der Waals surface area contributed by atoms with Crippen LogP contribution >= 0.6 is 0 Å². The molecule has 0 amide bonds. The van der Waals surface area contributed by atoms with Gasteiger partial charge in [0.2, 0.25) is 0 Å². The van der Waals surface area contributed by atoms with Gasteiger partial charge in [-0.15, -0.1) is 0 Å². The van der Waals surface area contributed by atoms with Crippen molar-refractivity contribution in [1.82, 2.24) is 19.6 Å². The first-order valence-electron chi connectivity index (χ1n) is 11.3. The summed E-state index contributed by atoms with van der Waals surface area (Å²) >= 11 is 0. The third-order valence-corrected chi connectivity index (χ3v) is 6.27. The first kappa shape index (κ1) is 20.3. The molecule has 168 valence electrons. The monoisotopic (exact) mass is 447 g/mol. The van der Waals surface area contributed by atoms with Gasteiger partial charge in [0.15, 0.2) is 6.17 Å². The van der Waals surface area contributed by atoms with Gasteiger partial charge in [-0.25, -0.2) is 9.36 Å². The Morgan fingerprint density at radius 2 is 1.68 bits per heavy atom. The van der Waals surface area contributed by atoms with Crippen LogP contribution < -0.4 is 10.1 Å². The van der Waals surface area contributed by atoms with Gasteiger partial charge < -0.3 is 10.1 Å². The lowest BCUT2D eigenvalue weighted by Crippen LogP contribution is -2.26. The van der Waals surface area contributed by atoms with E-state index in [1.807, 2.05) is 41.9 Å². The van der Waals surface area contributed by atoms with E-state index < -0.39 is 0 Å². The normalized spacial score (nSPS) is 14.3. The maximum atomic E-state index is 5.37. The maximum absolute atomic E-state index is 5.37. The lowest BCUT2D eigenvalue weighted by Gasteiger charge is -2.29. The van der Waals surface area contributed by atoms with E-state index in [1.54, 1.807) is 7.11 Å². The molecule has 1 aliphatic rings. The molecule has 0 spiro atoms. The Hall–Kier alpha value is -4.32. The number of para-hydroxylation sites is 1. The molecule has 0 radical (unpaired) electrons. The van der Waals surface area contributed by atoms with Gasteiger partial charge in [0.25, 0.3) is 0 Å². The molecule has 5 aromatic rings. The zero-order valence-electron chi connectivity index (χ0n) is 19.4. The molecule has 6 nitrogen and oxygen atoms in total. The third kappa shape index (κ3) is 3.35. The summed E-state index contributed by atoms with van der Waals surface area (Å²) in [5.41, 5.74) is 9.54. The summed E-state index contributed by atoms with van der Waals surface area (Å²) < 4.78 is 9.39. The average Bonchev–Trinajstić information content (AvgIpc) is 3.48. The highest BCUT2D eigenvalue weighted by Gasteiger charge is 2.30. The lowest BCUT2D eigenvalue weighted by atomic mass is 10.0. The summed E-state index contributed by atoms with van der Waals surface area (Å²) in [6.07, 6.45) is 1.90. The van der Waals surface area contributed by atoms with Gasteiger partial charge in [0.05, 0.1) is 29.9 Å². The molecule has 2 aromatic heterocycles. The van der Waals surface area contributed by atoms with Crippen molar-refractivity contribution in [2.75, 3.05) is 12.4 Å². The van der Waals surface area contributed by atoms with Crippen molar-refractivity contribution < 1.29 is 4.74 Å². The second-order valence-electron chi connectivity index (χ2n) is 8.65. The number of hydrogen-bond donors (Lipinski definition) is 1. The first-order valence-corrected chi connectivity index (χ1v) is 11.3. The predicted molar refractivity (Wildman–Crippen MR) is 134 cm³/mol. The number of anilines is 1. The summed E-state index contributed by atoms with van der Waals surface area (Å²) in [6.45, 7) is 4.15. The van der Waals surface area contributed by atoms with Crippen LogP contribution in [0.2, 0.25) is 0 Å². The third-order valence-electron chi connectivity index (χ3n) is 6.27. The van der Waals surface area contributed by atoms with E-state index in [2.05, 4.69) is 71.7 Å². The largest absolute Gasteiger partial charge is 0.497 e. The Balaban J connectivity index is 1.55. The molecule has 34 heavy (non-hydrogen) atoms. The number of methoxy groups -OCH3 is 1. The molecule has 6 heteroatoms. The molecule has 1 aliphatic heterocycles. The van der Waals surface area contributed by atoms with Gasteiger partial charge >= 0.3 is 0 Å². The summed E-state index contributed by atoms with van der Waals surface area (Å²) in [7, 11) is 1.68. The Bertz CT molecular complexity index is 1480. The van der Waals surface area contributed by atoms with E-state index in [9.17, 15) is 0 Å². The lowest BCUT2D eigenvalue weighted by molar-refractivity contribution is 0.415. The van der Waals surface area contributed by atoms with E-state index in [0.717, 1.165) is 45.3 Å². The molecule has 0 saturated carbocycles. The molecule has 0 fully saturated rings. The van der Waals surface area contributed by atoms with Gasteiger partial charge in [0, 0.05) is 28.6 Å². The van der Waals surface area contributed by atoms with Gasteiger partial charge in [-0.2, -0.15) is 10.2 Å². The second-order valence-corrected chi connectivity index (χ2v) is 8.65. The Morgan fingerprint density at radius 3 is 2.44 bits per heavy atom. The minimum atomic E-state index is -0.200. The summed E-state index contributed by atoms with van der Waals surface area (Å²) in [5, 5.41) is 13.6. The van der Waals surface area contributed by atoms with Crippen molar-refractivity contribution in [1.29, 1.82) is 0 Å². The predicted octanol–water partition coefficient (Wildman–Crippen LogP) is 6.00. The Morgan fingerprint density at radius 1 is 0.882 bits per heavy atom. The van der Waals surface area contributed by atoms with Crippen LogP contribution in [0.5, 0.6) is 5.75 Å². The van der Waals surface area contributed by atoms with Crippen molar-refractivity contribution in [3.63, 3.8) is 0 Å². The standard InChI is InChI=1S/C28H25N5O/c1-18-9-14-25-23(15-18)26-16-19(2)30-33(26)28(29-25)24-17-32(21-7-5-4-6-8-21)31-27(24)20-10-12-22(34-3)13-11-20/h4-17,28-29H,1-3H3/t28-/m0/s1. The Labute approximate surface area is 198 Å². The minimum Gasteiger partial charge on any atom is -0.497 e. The number of benzene rings is 3. The molecule has 0 aliphatic carbocycles. The number of aryl methyl sites for hydroxylation is 2. The number of ether oxygens (including phenoxy) is 1. The fraction of sp³-hybridized carbons (Fsp3) is 0.143. The van der Waals surface area contributed by atoms with Crippen LogP contribution in [0.15, 0.2) is 85.1 Å². The quantitative estimate of drug-likeness (QED) is 0.367. The number of nitrogens with one attached hydrogen (secondary N) is 1. The van der Waals surface area contributed by atoms with E-state index in [-0.39, 0.29) is 6.17 Å². The molecular weight excluding hydrogens is 422 g/mol. The highest BCUT2D eigenvalue weighted by molar-refractivity contribution is 5.80. The number of hydrogen-bond acceptors (Lipinski definition) is 4. The van der Waals surface area contributed by atoms with E-state index in [1.165, 1.54) is 11.1 Å². The minimum absolute atomic E-state index is 0.200. The van der Waals surface area contributed by atoms with Crippen LogP contribution in [-0.2, 0) is 0 Å². The number of fused-ring (bicyclic) bond motifs is 3. The van der Waals surface area contributed by atoms with Crippen molar-refractivity contribution in [2.24, 2.45) is 0 Å². The molecular formula is C28H25N5O. The van der Waals surface area contributed by atoms with Gasteiger partial charge in [-0.1, -0.05) is 29.8 Å². The van der Waals surface area contributed by atoms with E-state index >= 15 is 0 Å². The van der Waals surface area contributed by atoms with Gasteiger partial charge in [0.1, 0.15) is 5.75 Å². The van der Waals surface area contributed by atoms with Crippen LogP contribution in [0.4, 0.5) is 5.69 Å². The second kappa shape index (κ2) is 7.92. The summed E-state index contributed by atoms with van der Waals surface area (Å²) in [6, 6.07) is 26.9. The average molecular weight is 448 g/mol. The molecule has 0 saturated heterocycles. The Kier molecular flexibility index (Phi) is 4.73. The smallest absolute Gasteiger partial charge is 0.151 e. The highest BCUT2D eigenvalue weighted by Crippen LogP contribution is 2.41. The maximum Gasteiger partial charge on any atom is 0.151 e. The SMILES string of the molecule is COc1ccc(-c2nn(-c3ccccc3)cc2[C@H]2Nc3ccc(C)cc3-c3cc(C)nn32)cc1. The number of aromatic nitrogens is 4. The first-order chi connectivity index (χ1) is 16.6. The van der Waals surface area contributed by atoms with Gasteiger partial charge in [-0.3, -0.25) is 0 Å².